The van der Waals surface area contributed by atoms with Gasteiger partial charge in [0.25, 0.3) is 0 Å². The molecule has 1 saturated heterocycles. The molecule has 0 saturated carbocycles. The molecule has 3 heterocycles. The third-order valence-corrected chi connectivity index (χ3v) is 9.94. The smallest absolute Gasteiger partial charge is 0.410 e. The van der Waals surface area contributed by atoms with Crippen LogP contribution in [0.5, 0.6) is 11.5 Å². The highest BCUT2D eigenvalue weighted by Crippen LogP contribution is 2.44. The zero-order valence-electron chi connectivity index (χ0n) is 30.4. The third kappa shape index (κ3) is 8.86. The van der Waals surface area contributed by atoms with E-state index in [0.717, 1.165) is 73.7 Å². The van der Waals surface area contributed by atoms with E-state index in [1.165, 1.54) is 23.8 Å². The highest BCUT2D eigenvalue weighted by Gasteiger charge is 2.36. The van der Waals surface area contributed by atoms with Gasteiger partial charge in [-0.2, -0.15) is 0 Å². The molecule has 0 radical (unpaired) electrons. The van der Waals surface area contributed by atoms with E-state index in [9.17, 15) is 9.59 Å². The predicted molar refractivity (Wildman–Crippen MR) is 202 cm³/mol. The van der Waals surface area contributed by atoms with E-state index in [4.69, 9.17) is 25.8 Å². The Morgan fingerprint density at radius 3 is 2.49 bits per heavy atom. The molecule has 1 amide bonds. The first-order chi connectivity index (χ1) is 24.3. The van der Waals surface area contributed by atoms with E-state index in [-0.39, 0.29) is 11.5 Å². The van der Waals surface area contributed by atoms with Crippen LogP contribution in [-0.4, -0.2) is 90.9 Å². The number of ether oxygens (including phenoxy) is 3. The number of hydrogen-bond acceptors (Lipinski definition) is 8. The summed E-state index contributed by atoms with van der Waals surface area (Å²) in [4.78, 5) is 39.6. The number of rotatable bonds is 9. The number of esters is 1. The van der Waals surface area contributed by atoms with Crippen LogP contribution in [0, 0.1) is 5.41 Å². The Kier molecular flexibility index (Phi) is 10.6. The number of carbonyl (C=O) groups is 2. The van der Waals surface area contributed by atoms with Crippen LogP contribution in [-0.2, 0) is 9.47 Å². The molecular formula is C40H48ClN5O5. The molecule has 1 fully saturated rings. The van der Waals surface area contributed by atoms with Crippen molar-refractivity contribution in [2.45, 2.75) is 52.6 Å². The number of amides is 1. The summed E-state index contributed by atoms with van der Waals surface area (Å²) in [6.07, 6.45) is 5.96. The fourth-order valence-corrected chi connectivity index (χ4v) is 7.31. The number of allylic oxidation sites excluding steroid dienone is 1. The molecule has 270 valence electrons. The zero-order valence-corrected chi connectivity index (χ0v) is 31.2. The SMILES string of the molecule is COC(=O)c1ccc(N2CCN(CC3=C(c4ccc(Cl)cc4)CC[C@@](C)(CN(C)C(=O)OC(C)(C)C)C3)CC2)cc1Oc1cnc2[nH]ccc2c1. The standard InChI is InChI=1S/C40H48ClN5O5/c1-39(2,3)51-38(48)44(5)26-40(4)15-13-33(27-7-9-30(41)10-8-27)29(23-40)25-45-17-19-46(20-18-45)31-11-12-34(37(47)49-6)35(22-31)50-32-21-28-14-16-42-36(28)43-24-32/h7-12,14,16,21-22,24H,13,15,17-20,23,25-26H2,1-6H3,(H,42,43)/t40-/m1/s1. The summed E-state index contributed by atoms with van der Waals surface area (Å²) in [5.41, 5.74) is 5.46. The van der Waals surface area contributed by atoms with Crippen molar-refractivity contribution >= 4 is 46.0 Å². The van der Waals surface area contributed by atoms with Gasteiger partial charge in [-0.15, -0.1) is 0 Å². The van der Waals surface area contributed by atoms with Crippen LogP contribution in [0.3, 0.4) is 0 Å². The molecule has 11 heteroatoms. The van der Waals surface area contributed by atoms with E-state index < -0.39 is 11.6 Å². The van der Waals surface area contributed by atoms with Gasteiger partial charge in [-0.3, -0.25) is 4.90 Å². The summed E-state index contributed by atoms with van der Waals surface area (Å²) in [7, 11) is 3.21. The number of hydrogen-bond donors (Lipinski definition) is 1. The molecule has 0 unspecified atom stereocenters. The van der Waals surface area contributed by atoms with E-state index in [1.54, 1.807) is 17.2 Å². The fraction of sp³-hybridized carbons (Fsp3) is 0.425. The lowest BCUT2D eigenvalue weighted by atomic mass is 9.71. The number of benzene rings is 2. The van der Waals surface area contributed by atoms with Crippen LogP contribution in [0.1, 0.15) is 62.9 Å². The van der Waals surface area contributed by atoms with Crippen molar-refractivity contribution in [3.05, 3.63) is 88.7 Å². The summed E-state index contributed by atoms with van der Waals surface area (Å²) in [6.45, 7) is 12.8. The minimum Gasteiger partial charge on any atom is -0.465 e. The lowest BCUT2D eigenvalue weighted by molar-refractivity contribution is 0.0216. The third-order valence-electron chi connectivity index (χ3n) is 9.69. The number of H-pyrrole nitrogens is 1. The second-order valence-electron chi connectivity index (χ2n) is 15.0. The Labute approximate surface area is 305 Å². The normalized spacial score (nSPS) is 18.5. The number of methoxy groups -OCH3 is 1. The number of nitrogens with one attached hydrogen (secondary N) is 1. The van der Waals surface area contributed by atoms with Crippen molar-refractivity contribution in [1.29, 1.82) is 0 Å². The molecule has 0 bridgehead atoms. The first kappa shape index (κ1) is 36.3. The van der Waals surface area contributed by atoms with Gasteiger partial charge in [-0.1, -0.05) is 36.2 Å². The Bertz CT molecular complexity index is 1910. The van der Waals surface area contributed by atoms with Crippen molar-refractivity contribution < 1.29 is 23.8 Å². The maximum Gasteiger partial charge on any atom is 0.410 e. The second-order valence-corrected chi connectivity index (χ2v) is 15.5. The van der Waals surface area contributed by atoms with Crippen LogP contribution < -0.4 is 9.64 Å². The number of nitrogens with zero attached hydrogens (tertiary/aromatic N) is 4. The zero-order chi connectivity index (χ0) is 36.3. The van der Waals surface area contributed by atoms with Gasteiger partial charge in [0.15, 0.2) is 0 Å². The number of aromatic amines is 1. The lowest BCUT2D eigenvalue weighted by Crippen LogP contribution is -2.47. The van der Waals surface area contributed by atoms with E-state index in [1.807, 2.05) is 70.4 Å². The summed E-state index contributed by atoms with van der Waals surface area (Å²) in [5.74, 6) is 0.503. The molecule has 4 aromatic rings. The number of aromatic nitrogens is 2. The van der Waals surface area contributed by atoms with Crippen molar-refractivity contribution in [2.24, 2.45) is 5.41 Å². The molecular weight excluding hydrogens is 666 g/mol. The largest absolute Gasteiger partial charge is 0.465 e. The molecule has 6 rings (SSSR count). The van der Waals surface area contributed by atoms with E-state index in [2.05, 4.69) is 38.8 Å². The number of piperazine rings is 1. The van der Waals surface area contributed by atoms with Gasteiger partial charge in [0.05, 0.1) is 13.3 Å². The Morgan fingerprint density at radius 2 is 1.78 bits per heavy atom. The van der Waals surface area contributed by atoms with Crippen molar-refractivity contribution in [1.82, 2.24) is 19.8 Å². The van der Waals surface area contributed by atoms with Crippen LogP contribution in [0.2, 0.25) is 5.02 Å². The summed E-state index contributed by atoms with van der Waals surface area (Å²) >= 11 is 6.27. The molecule has 1 atom stereocenters. The summed E-state index contributed by atoms with van der Waals surface area (Å²) < 4.78 is 17.0. The molecule has 2 aromatic heterocycles. The molecule has 2 aromatic carbocycles. The first-order valence-corrected chi connectivity index (χ1v) is 17.9. The molecule has 2 aliphatic rings. The Balaban J connectivity index is 1.17. The maximum atomic E-state index is 12.9. The van der Waals surface area contributed by atoms with Crippen LogP contribution in [0.4, 0.5) is 10.5 Å². The molecule has 10 nitrogen and oxygen atoms in total. The molecule has 1 N–H and O–H groups in total. The number of fused-ring (bicyclic) bond motifs is 1. The minimum atomic E-state index is -0.541. The molecule has 51 heavy (non-hydrogen) atoms. The van der Waals surface area contributed by atoms with Gasteiger partial charge in [0.2, 0.25) is 0 Å². The molecule has 0 spiro atoms. The summed E-state index contributed by atoms with van der Waals surface area (Å²) in [5, 5.41) is 1.64. The van der Waals surface area contributed by atoms with Crippen LogP contribution in [0.25, 0.3) is 16.6 Å². The quantitative estimate of drug-likeness (QED) is 0.173. The monoisotopic (exact) mass is 713 g/mol. The highest BCUT2D eigenvalue weighted by molar-refractivity contribution is 6.30. The Morgan fingerprint density at radius 1 is 1.04 bits per heavy atom. The number of carbonyl (C=O) groups excluding carboxylic acids is 2. The Hall–Kier alpha value is -4.54. The topological polar surface area (TPSA) is 100 Å². The average molecular weight is 714 g/mol. The minimum absolute atomic E-state index is 0.0856. The van der Waals surface area contributed by atoms with Crippen LogP contribution in [0.15, 0.2) is 72.6 Å². The number of anilines is 1. The predicted octanol–water partition coefficient (Wildman–Crippen LogP) is 8.43. The van der Waals surface area contributed by atoms with Crippen LogP contribution >= 0.6 is 11.6 Å². The van der Waals surface area contributed by atoms with Gasteiger partial charge in [0.1, 0.15) is 28.3 Å². The number of pyridine rings is 1. The van der Waals surface area contributed by atoms with Gasteiger partial charge >= 0.3 is 12.1 Å². The summed E-state index contributed by atoms with van der Waals surface area (Å²) in [6, 6.07) is 17.6. The number of halogens is 1. The molecule has 1 aliphatic heterocycles. The maximum absolute atomic E-state index is 12.9. The van der Waals surface area contributed by atoms with Crippen molar-refractivity contribution in [2.75, 3.05) is 58.3 Å². The highest BCUT2D eigenvalue weighted by atomic mass is 35.5. The van der Waals surface area contributed by atoms with Crippen molar-refractivity contribution in [3.63, 3.8) is 0 Å². The van der Waals surface area contributed by atoms with Gasteiger partial charge in [-0.05, 0) is 93.0 Å². The fourth-order valence-electron chi connectivity index (χ4n) is 7.18. The first-order valence-electron chi connectivity index (χ1n) is 17.5. The van der Waals surface area contributed by atoms with Gasteiger partial charge < -0.3 is 29.0 Å². The van der Waals surface area contributed by atoms with Gasteiger partial charge in [0, 0.05) is 74.7 Å². The van der Waals surface area contributed by atoms with E-state index in [0.29, 0.717) is 23.6 Å². The van der Waals surface area contributed by atoms with Gasteiger partial charge in [-0.25, -0.2) is 14.6 Å². The lowest BCUT2D eigenvalue weighted by Gasteiger charge is -2.42. The average Bonchev–Trinajstić information content (AvgIpc) is 3.56. The second kappa shape index (κ2) is 15.0. The molecule has 1 aliphatic carbocycles. The van der Waals surface area contributed by atoms with Crippen molar-refractivity contribution in [3.8, 4) is 11.5 Å². The van der Waals surface area contributed by atoms with E-state index >= 15 is 0 Å².